The van der Waals surface area contributed by atoms with Crippen LogP contribution < -0.4 is 5.32 Å². The number of phosphoric ester groups is 1. The average molecular weight is 1160 g/mol. The van der Waals surface area contributed by atoms with E-state index in [-0.39, 0.29) is 19.1 Å². The van der Waals surface area contributed by atoms with Crippen LogP contribution in [0.1, 0.15) is 354 Å². The lowest BCUT2D eigenvalue weighted by molar-refractivity contribution is -0.870. The van der Waals surface area contributed by atoms with Crippen LogP contribution in [0.2, 0.25) is 0 Å². The predicted octanol–water partition coefficient (Wildman–Crippen LogP) is 22.6. The molecule has 0 heterocycles. The summed E-state index contributed by atoms with van der Waals surface area (Å²) in [7, 11) is 1.63. The third-order valence-electron chi connectivity index (χ3n) is 16.3. The summed E-state index contributed by atoms with van der Waals surface area (Å²) in [6.07, 6.45) is 85.0. The van der Waals surface area contributed by atoms with Crippen LogP contribution in [0.4, 0.5) is 0 Å². The van der Waals surface area contributed by atoms with Gasteiger partial charge in [-0.2, -0.15) is 0 Å². The zero-order valence-electron chi connectivity index (χ0n) is 54.8. The quantitative estimate of drug-likeness (QED) is 0.0243. The second kappa shape index (κ2) is 63.0. The summed E-state index contributed by atoms with van der Waals surface area (Å²) >= 11 is 0. The number of rotatable bonds is 66. The minimum atomic E-state index is -4.33. The summed E-state index contributed by atoms with van der Waals surface area (Å²) in [6, 6.07) is -0.763. The van der Waals surface area contributed by atoms with Crippen LogP contribution in [0, 0.1) is 0 Å². The summed E-state index contributed by atoms with van der Waals surface area (Å²) in [6.45, 7) is 4.83. The van der Waals surface area contributed by atoms with Gasteiger partial charge < -0.3 is 19.8 Å². The van der Waals surface area contributed by atoms with Crippen LogP contribution in [0.25, 0.3) is 0 Å². The first-order valence-corrected chi connectivity index (χ1v) is 37.0. The Hall–Kier alpha value is -1.54. The van der Waals surface area contributed by atoms with Crippen molar-refractivity contribution in [3.63, 3.8) is 0 Å². The molecule has 3 N–H and O–H groups in total. The SMILES string of the molecule is CC/C=C\C/C=C\C/C=C\C/C=C\CCCCCCCCCCCCCCCCCCC(=O)NC(COP(=O)(O)OCC[N+](C)(C)C)C(O)CCCCCCCCCCCCCCCCCCCCCCCCCCCCCCCC. The zero-order valence-corrected chi connectivity index (χ0v) is 55.7. The number of hydrogen-bond donors (Lipinski definition) is 3. The van der Waals surface area contributed by atoms with Crippen molar-refractivity contribution in [2.45, 2.75) is 366 Å². The molecule has 0 radical (unpaired) electrons. The summed E-state index contributed by atoms with van der Waals surface area (Å²) in [5.74, 6) is -0.139. The van der Waals surface area contributed by atoms with Crippen molar-refractivity contribution in [3.8, 4) is 0 Å². The Kier molecular flexibility index (Phi) is 61.8. The van der Waals surface area contributed by atoms with Crippen molar-refractivity contribution in [2.75, 3.05) is 40.9 Å². The van der Waals surface area contributed by atoms with E-state index in [9.17, 15) is 19.4 Å². The molecule has 3 atom stereocenters. The van der Waals surface area contributed by atoms with Gasteiger partial charge in [-0.05, 0) is 51.4 Å². The fourth-order valence-electron chi connectivity index (χ4n) is 10.9. The van der Waals surface area contributed by atoms with Crippen LogP contribution >= 0.6 is 7.82 Å². The van der Waals surface area contributed by atoms with E-state index in [0.717, 1.165) is 64.2 Å². The third kappa shape index (κ3) is 65.9. The molecule has 81 heavy (non-hydrogen) atoms. The third-order valence-corrected chi connectivity index (χ3v) is 17.3. The van der Waals surface area contributed by atoms with E-state index >= 15 is 0 Å². The Morgan fingerprint density at radius 2 is 0.741 bits per heavy atom. The smallest absolute Gasteiger partial charge is 0.391 e. The van der Waals surface area contributed by atoms with Crippen molar-refractivity contribution in [3.05, 3.63) is 48.6 Å². The number of allylic oxidation sites excluding steroid dienone is 8. The summed E-state index contributed by atoms with van der Waals surface area (Å²) in [4.78, 5) is 23.5. The van der Waals surface area contributed by atoms with Gasteiger partial charge in [0.1, 0.15) is 13.2 Å². The molecule has 0 aliphatic carbocycles. The van der Waals surface area contributed by atoms with Gasteiger partial charge in [-0.15, -0.1) is 0 Å². The maximum atomic E-state index is 13.1. The van der Waals surface area contributed by atoms with Crippen molar-refractivity contribution < 1.29 is 32.9 Å². The molecule has 0 aliphatic rings. The highest BCUT2D eigenvalue weighted by Gasteiger charge is 2.28. The second-order valence-corrected chi connectivity index (χ2v) is 27.0. The van der Waals surface area contributed by atoms with Crippen molar-refractivity contribution in [1.82, 2.24) is 5.32 Å². The van der Waals surface area contributed by atoms with Gasteiger partial charge in [0.05, 0.1) is 39.9 Å². The molecule has 8 nitrogen and oxygen atoms in total. The highest BCUT2D eigenvalue weighted by molar-refractivity contribution is 7.47. The summed E-state index contributed by atoms with van der Waals surface area (Å²) in [5.41, 5.74) is 0. The van der Waals surface area contributed by atoms with Crippen molar-refractivity contribution in [2.24, 2.45) is 0 Å². The number of unbranched alkanes of at least 4 members (excludes halogenated alkanes) is 45. The number of carbonyl (C=O) groups is 1. The maximum absolute atomic E-state index is 13.1. The topological polar surface area (TPSA) is 105 Å². The summed E-state index contributed by atoms with van der Waals surface area (Å²) in [5, 5.41) is 14.2. The number of nitrogens with zero attached hydrogens (tertiary/aromatic N) is 1. The number of likely N-dealkylation sites (N-methyl/N-ethyl adjacent to an activating group) is 1. The highest BCUT2D eigenvalue weighted by Crippen LogP contribution is 2.43. The molecular weight excluding hydrogens is 1020 g/mol. The fourth-order valence-corrected chi connectivity index (χ4v) is 11.6. The lowest BCUT2D eigenvalue weighted by atomic mass is 10.0. The van der Waals surface area contributed by atoms with E-state index in [1.54, 1.807) is 0 Å². The highest BCUT2D eigenvalue weighted by atomic mass is 31.2. The van der Waals surface area contributed by atoms with Crippen LogP contribution in [0.5, 0.6) is 0 Å². The Morgan fingerprint density at radius 1 is 0.432 bits per heavy atom. The molecule has 1 amide bonds. The van der Waals surface area contributed by atoms with Gasteiger partial charge in [-0.3, -0.25) is 13.8 Å². The normalized spacial score (nSPS) is 13.9. The minimum Gasteiger partial charge on any atom is -0.391 e. The van der Waals surface area contributed by atoms with Gasteiger partial charge >= 0.3 is 7.82 Å². The van der Waals surface area contributed by atoms with Crippen molar-refractivity contribution >= 4 is 13.7 Å². The molecule has 0 aromatic rings. The summed E-state index contributed by atoms with van der Waals surface area (Å²) < 4.78 is 23.9. The maximum Gasteiger partial charge on any atom is 0.472 e. The number of hydrogen-bond acceptors (Lipinski definition) is 5. The number of phosphoric acid groups is 1. The molecule has 478 valence electrons. The number of amides is 1. The van der Waals surface area contributed by atoms with E-state index < -0.39 is 20.0 Å². The molecule has 0 aliphatic heterocycles. The van der Waals surface area contributed by atoms with Gasteiger partial charge in [-0.1, -0.05) is 345 Å². The molecule has 0 spiro atoms. The molecule has 0 aromatic heterocycles. The van der Waals surface area contributed by atoms with Crippen LogP contribution in [-0.2, 0) is 18.4 Å². The number of carbonyl (C=O) groups excluding carboxylic acids is 1. The van der Waals surface area contributed by atoms with Crippen molar-refractivity contribution in [1.29, 1.82) is 0 Å². The molecule has 0 bridgehead atoms. The number of aliphatic hydroxyl groups excluding tert-OH is 1. The average Bonchev–Trinajstić information content (AvgIpc) is 3.43. The number of quaternary nitrogens is 1. The molecule has 0 saturated heterocycles. The molecule has 0 aromatic carbocycles. The van der Waals surface area contributed by atoms with E-state index in [1.165, 1.54) is 263 Å². The van der Waals surface area contributed by atoms with Gasteiger partial charge in [-0.25, -0.2) is 4.57 Å². The lowest BCUT2D eigenvalue weighted by Crippen LogP contribution is -2.46. The van der Waals surface area contributed by atoms with Crippen LogP contribution in [0.3, 0.4) is 0 Å². The Morgan fingerprint density at radius 3 is 1.09 bits per heavy atom. The Labute approximate surface area is 505 Å². The van der Waals surface area contributed by atoms with E-state index in [2.05, 4.69) is 67.8 Å². The molecule has 0 saturated carbocycles. The molecular formula is C72H140N2O6P+. The molecule has 0 fully saturated rings. The second-order valence-electron chi connectivity index (χ2n) is 25.6. The first-order valence-electron chi connectivity index (χ1n) is 35.5. The number of aliphatic hydroxyl groups is 1. The van der Waals surface area contributed by atoms with E-state index in [0.29, 0.717) is 23.9 Å². The fraction of sp³-hybridized carbons (Fsp3) is 0.875. The standard InChI is InChI=1S/C72H139N2O6P/c1-6-8-10-12-14-16-18-20-22-24-26-28-30-32-34-36-38-39-41-43-45-47-49-51-53-55-57-59-61-63-65-71(75)70(69-80-81(77,78)79-68-67-74(3,4)5)73-72(76)66-64-62-60-58-56-54-52-50-48-46-44-42-40-37-35-33-31-29-27-25-23-21-19-17-15-13-11-9-7-2/h9,11,15,17,21,23,27,29,70-71,75H,6-8,10,12-14,16,18-20,22,24-26,28,30-69H2,1-5H3,(H-,73,76,77,78)/p+1/b11-9-,17-15-,23-21-,29-27-. The van der Waals surface area contributed by atoms with Crippen LogP contribution in [0.15, 0.2) is 48.6 Å². The molecule has 9 heteroatoms. The molecule has 0 rings (SSSR count). The van der Waals surface area contributed by atoms with Gasteiger partial charge in [0.15, 0.2) is 0 Å². The largest absolute Gasteiger partial charge is 0.472 e. The molecule has 3 unspecified atom stereocenters. The van der Waals surface area contributed by atoms with Crippen LogP contribution in [-0.4, -0.2) is 73.4 Å². The van der Waals surface area contributed by atoms with E-state index in [1.807, 2.05) is 21.1 Å². The monoisotopic (exact) mass is 1160 g/mol. The number of nitrogens with one attached hydrogen (secondary N) is 1. The first-order chi connectivity index (χ1) is 39.5. The van der Waals surface area contributed by atoms with Gasteiger partial charge in [0.25, 0.3) is 0 Å². The minimum absolute atomic E-state index is 0.0755. The van der Waals surface area contributed by atoms with Gasteiger partial charge in [0.2, 0.25) is 5.91 Å². The predicted molar refractivity (Wildman–Crippen MR) is 355 cm³/mol. The zero-order chi connectivity index (χ0) is 59.1. The lowest BCUT2D eigenvalue weighted by Gasteiger charge is -2.26. The van der Waals surface area contributed by atoms with Gasteiger partial charge in [0, 0.05) is 6.42 Å². The Bertz CT molecular complexity index is 1460. The van der Waals surface area contributed by atoms with E-state index in [4.69, 9.17) is 9.05 Å². The first kappa shape index (κ1) is 79.5. The Balaban J connectivity index is 4.01.